The largest absolute Gasteiger partial charge is 0.495 e. The number of hydrogen-bond donors (Lipinski definition) is 1. The Balaban J connectivity index is 2.06. The molecule has 0 aliphatic carbocycles. The number of carbonyl (C=O) groups is 2. The van der Waals surface area contributed by atoms with Gasteiger partial charge in [-0.25, -0.2) is 4.90 Å². The van der Waals surface area contributed by atoms with Crippen LogP contribution in [0.1, 0.15) is 19.4 Å². The highest BCUT2D eigenvalue weighted by Gasteiger charge is 2.35. The van der Waals surface area contributed by atoms with E-state index < -0.39 is 11.8 Å². The number of hydrogen-bond acceptors (Lipinski definition) is 6. The zero-order valence-corrected chi connectivity index (χ0v) is 20.2. The first kappa shape index (κ1) is 23.0. The number of anilines is 1. The maximum absolute atomic E-state index is 13.3. The van der Waals surface area contributed by atoms with E-state index in [0.29, 0.717) is 41.7 Å². The number of nitrogens with one attached hydrogen (secondary N) is 1. The summed E-state index contributed by atoms with van der Waals surface area (Å²) >= 11 is 7.40. The van der Waals surface area contributed by atoms with Crippen LogP contribution in [0.5, 0.6) is 17.2 Å². The minimum absolute atomic E-state index is 0.00655. The molecular weight excluding hydrogens is 531 g/mol. The van der Waals surface area contributed by atoms with E-state index in [2.05, 4.69) is 27.9 Å². The predicted molar refractivity (Wildman–Crippen MR) is 131 cm³/mol. The first-order chi connectivity index (χ1) is 14.9. The van der Waals surface area contributed by atoms with Crippen LogP contribution in [-0.4, -0.2) is 37.3 Å². The molecule has 0 saturated carbocycles. The Bertz CT molecular complexity index is 1070. The maximum atomic E-state index is 13.3. The van der Waals surface area contributed by atoms with Crippen LogP contribution in [0.3, 0.4) is 0 Å². The highest BCUT2D eigenvalue weighted by molar-refractivity contribution is 14.1. The molecule has 2 aromatic carbocycles. The number of rotatable bonds is 7. The number of benzene rings is 2. The second kappa shape index (κ2) is 10.1. The van der Waals surface area contributed by atoms with Crippen molar-refractivity contribution in [3.05, 3.63) is 51.1 Å². The molecule has 2 aromatic rings. The first-order valence-corrected chi connectivity index (χ1v) is 11.0. The average Bonchev–Trinajstić information content (AvgIpc) is 2.74. The van der Waals surface area contributed by atoms with Gasteiger partial charge in [-0.15, -0.1) is 0 Å². The summed E-state index contributed by atoms with van der Waals surface area (Å²) in [7, 11) is 1.50. The molecule has 3 rings (SSSR count). The second-order valence-electron chi connectivity index (χ2n) is 6.33. The summed E-state index contributed by atoms with van der Waals surface area (Å²) in [6.07, 6.45) is 1.52. The number of carbonyl (C=O) groups excluding carboxylic acids is 2. The lowest BCUT2D eigenvalue weighted by Crippen LogP contribution is -2.54. The molecule has 1 fully saturated rings. The monoisotopic (exact) mass is 552 g/mol. The highest BCUT2D eigenvalue weighted by atomic mass is 127. The Kier molecular flexibility index (Phi) is 7.50. The molecule has 9 heteroatoms. The minimum atomic E-state index is -0.567. The third kappa shape index (κ3) is 4.82. The van der Waals surface area contributed by atoms with Gasteiger partial charge in [0.1, 0.15) is 11.3 Å². The van der Waals surface area contributed by atoms with E-state index in [9.17, 15) is 9.59 Å². The molecule has 1 aliphatic heterocycles. The smallest absolute Gasteiger partial charge is 0.270 e. The standard InChI is InChI=1S/C22H21IN2O5S/c1-4-29-18-12-13(11-15(23)19(18)30-5-2)10-14-20(26)24-22(31)25(21(14)27)16-8-6-7-9-17(16)28-3/h6-12H,4-5H2,1-3H3,(H,24,26,31)/b14-10+. The Labute approximate surface area is 199 Å². The molecule has 162 valence electrons. The molecule has 1 heterocycles. The molecule has 0 radical (unpaired) electrons. The summed E-state index contributed by atoms with van der Waals surface area (Å²) in [6, 6.07) is 10.5. The van der Waals surface area contributed by atoms with E-state index in [0.717, 1.165) is 3.57 Å². The van der Waals surface area contributed by atoms with Gasteiger partial charge in [0.25, 0.3) is 11.8 Å². The molecule has 0 aromatic heterocycles. The van der Waals surface area contributed by atoms with Crippen molar-refractivity contribution in [1.82, 2.24) is 5.32 Å². The van der Waals surface area contributed by atoms with E-state index in [1.165, 1.54) is 18.1 Å². The third-order valence-corrected chi connectivity index (χ3v) is 5.45. The van der Waals surface area contributed by atoms with Gasteiger partial charge in [0, 0.05) is 0 Å². The van der Waals surface area contributed by atoms with Crippen LogP contribution in [0.15, 0.2) is 42.0 Å². The highest BCUT2D eigenvalue weighted by Crippen LogP contribution is 2.36. The molecule has 1 saturated heterocycles. The fourth-order valence-electron chi connectivity index (χ4n) is 3.08. The van der Waals surface area contributed by atoms with Gasteiger partial charge in [-0.05, 0) is 84.6 Å². The number of amides is 2. The lowest BCUT2D eigenvalue weighted by Gasteiger charge is -2.29. The summed E-state index contributed by atoms with van der Waals surface area (Å²) in [5.74, 6) is 0.526. The van der Waals surface area contributed by atoms with E-state index in [-0.39, 0.29) is 10.7 Å². The molecule has 0 unspecified atom stereocenters. The number of nitrogens with zero attached hydrogens (tertiary/aromatic N) is 1. The molecule has 1 aliphatic rings. The molecular formula is C22H21IN2O5S. The lowest BCUT2D eigenvalue weighted by atomic mass is 10.1. The summed E-state index contributed by atoms with van der Waals surface area (Å²) in [5, 5.41) is 2.58. The van der Waals surface area contributed by atoms with Crippen molar-refractivity contribution in [1.29, 1.82) is 0 Å². The topological polar surface area (TPSA) is 77.1 Å². The van der Waals surface area contributed by atoms with Gasteiger partial charge in [-0.3, -0.25) is 14.9 Å². The Morgan fingerprint density at radius 2 is 1.81 bits per heavy atom. The van der Waals surface area contributed by atoms with Crippen molar-refractivity contribution < 1.29 is 23.8 Å². The fourth-order valence-corrected chi connectivity index (χ4v) is 4.13. The fraction of sp³-hybridized carbons (Fsp3) is 0.227. The van der Waals surface area contributed by atoms with Crippen LogP contribution in [0.4, 0.5) is 5.69 Å². The van der Waals surface area contributed by atoms with E-state index >= 15 is 0 Å². The normalized spacial score (nSPS) is 15.2. The molecule has 31 heavy (non-hydrogen) atoms. The van der Waals surface area contributed by atoms with Crippen molar-refractivity contribution in [2.24, 2.45) is 0 Å². The van der Waals surface area contributed by atoms with Gasteiger partial charge in [0.15, 0.2) is 16.6 Å². The van der Waals surface area contributed by atoms with Crippen molar-refractivity contribution in [3.63, 3.8) is 0 Å². The van der Waals surface area contributed by atoms with Crippen LogP contribution >= 0.6 is 34.8 Å². The minimum Gasteiger partial charge on any atom is -0.495 e. The molecule has 0 spiro atoms. The zero-order valence-electron chi connectivity index (χ0n) is 17.2. The number of ether oxygens (including phenoxy) is 3. The van der Waals surface area contributed by atoms with Gasteiger partial charge >= 0.3 is 0 Å². The molecule has 1 N–H and O–H groups in total. The van der Waals surface area contributed by atoms with Crippen LogP contribution < -0.4 is 24.4 Å². The summed E-state index contributed by atoms with van der Waals surface area (Å²) in [4.78, 5) is 27.1. The van der Waals surface area contributed by atoms with Crippen molar-refractivity contribution >= 4 is 63.5 Å². The second-order valence-corrected chi connectivity index (χ2v) is 7.87. The quantitative estimate of drug-likeness (QED) is 0.243. The van der Waals surface area contributed by atoms with Gasteiger partial charge in [0.05, 0.1) is 29.6 Å². The van der Waals surface area contributed by atoms with Crippen LogP contribution in [0.25, 0.3) is 6.08 Å². The Hall–Kier alpha value is -2.66. The van der Waals surface area contributed by atoms with Gasteiger partial charge in [-0.1, -0.05) is 12.1 Å². The lowest BCUT2D eigenvalue weighted by molar-refractivity contribution is -0.122. The number of thiocarbonyl (C=S) groups is 1. The summed E-state index contributed by atoms with van der Waals surface area (Å²) in [6.45, 7) is 4.70. The molecule has 7 nitrogen and oxygen atoms in total. The average molecular weight is 552 g/mol. The first-order valence-electron chi connectivity index (χ1n) is 9.54. The van der Waals surface area contributed by atoms with E-state index in [1.54, 1.807) is 30.3 Å². The Morgan fingerprint density at radius 3 is 2.48 bits per heavy atom. The molecule has 2 amide bonds. The predicted octanol–water partition coefficient (Wildman–Crippen LogP) is 3.93. The van der Waals surface area contributed by atoms with Gasteiger partial charge in [-0.2, -0.15) is 0 Å². The van der Waals surface area contributed by atoms with Crippen LogP contribution in [0, 0.1) is 3.57 Å². The number of halogens is 1. The third-order valence-electron chi connectivity index (χ3n) is 4.36. The molecule has 0 atom stereocenters. The SMILES string of the molecule is CCOc1cc(/C=C2\C(=O)NC(=S)N(c3ccccc3OC)C2=O)cc(I)c1OCC. The van der Waals surface area contributed by atoms with Crippen LogP contribution in [0.2, 0.25) is 0 Å². The number of para-hydroxylation sites is 2. The summed E-state index contributed by atoms with van der Waals surface area (Å²) in [5.41, 5.74) is 1.02. The zero-order chi connectivity index (χ0) is 22.5. The number of methoxy groups -OCH3 is 1. The van der Waals surface area contributed by atoms with Gasteiger partial charge < -0.3 is 14.2 Å². The van der Waals surface area contributed by atoms with Crippen molar-refractivity contribution in [2.45, 2.75) is 13.8 Å². The van der Waals surface area contributed by atoms with Crippen molar-refractivity contribution in [2.75, 3.05) is 25.2 Å². The van der Waals surface area contributed by atoms with Crippen LogP contribution in [-0.2, 0) is 9.59 Å². The van der Waals surface area contributed by atoms with Gasteiger partial charge in [0.2, 0.25) is 0 Å². The van der Waals surface area contributed by atoms with Crippen molar-refractivity contribution in [3.8, 4) is 17.2 Å². The van der Waals surface area contributed by atoms with E-state index in [1.807, 2.05) is 19.9 Å². The van der Waals surface area contributed by atoms with E-state index in [4.69, 9.17) is 26.4 Å². The summed E-state index contributed by atoms with van der Waals surface area (Å²) < 4.78 is 17.5. The molecule has 0 bridgehead atoms. The Morgan fingerprint density at radius 1 is 1.10 bits per heavy atom. The maximum Gasteiger partial charge on any atom is 0.270 e.